The lowest BCUT2D eigenvalue weighted by molar-refractivity contribution is 0.295. The van der Waals surface area contributed by atoms with Gasteiger partial charge in [-0.2, -0.15) is 0 Å². The second-order valence-electron chi connectivity index (χ2n) is 5.25. The number of halogens is 3. The molecular weight excluding hydrogens is 364 g/mol. The summed E-state index contributed by atoms with van der Waals surface area (Å²) in [5, 5.41) is 1.80. The molecule has 5 heteroatoms. The molecule has 0 fully saturated rings. The van der Waals surface area contributed by atoms with Crippen molar-refractivity contribution in [3.63, 3.8) is 0 Å². The number of rotatable bonds is 6. The summed E-state index contributed by atoms with van der Waals surface area (Å²) in [5.74, 6) is -0.419. The van der Waals surface area contributed by atoms with Gasteiger partial charge in [0, 0.05) is 28.7 Å². The third-order valence-corrected chi connectivity index (χ3v) is 4.19. The molecule has 0 aliphatic heterocycles. The van der Waals surface area contributed by atoms with Crippen LogP contribution < -0.4 is 4.74 Å². The number of benzene rings is 2. The average molecular weight is 380 g/mol. The highest BCUT2D eigenvalue weighted by molar-refractivity contribution is 9.09. The molecule has 1 aromatic heterocycles. The summed E-state index contributed by atoms with van der Waals surface area (Å²) < 4.78 is 34.7. The standard InChI is InChI=1S/C18H16BrF2NO/c19-8-1-2-10-23-18-11-13-7-9-22(17(13)12-16(18)21)15-5-3-14(20)4-6-15/h3-7,9,11-12H,1-2,8,10H2. The fraction of sp³-hybridized carbons (Fsp3) is 0.222. The molecule has 3 rings (SSSR count). The fourth-order valence-corrected chi connectivity index (χ4v) is 2.85. The predicted octanol–water partition coefficient (Wildman–Crippen LogP) is 5.46. The van der Waals surface area contributed by atoms with Crippen molar-refractivity contribution < 1.29 is 13.5 Å². The Morgan fingerprint density at radius 3 is 2.52 bits per heavy atom. The molecule has 0 bridgehead atoms. The van der Waals surface area contributed by atoms with Gasteiger partial charge in [0.15, 0.2) is 11.6 Å². The van der Waals surface area contributed by atoms with Gasteiger partial charge in [-0.25, -0.2) is 8.78 Å². The predicted molar refractivity (Wildman–Crippen MR) is 91.7 cm³/mol. The van der Waals surface area contributed by atoms with Crippen LogP contribution in [-0.4, -0.2) is 16.5 Å². The molecule has 2 nitrogen and oxygen atoms in total. The number of fused-ring (bicyclic) bond motifs is 1. The van der Waals surface area contributed by atoms with Crippen molar-refractivity contribution in [1.29, 1.82) is 0 Å². The van der Waals surface area contributed by atoms with Crippen molar-refractivity contribution >= 4 is 26.8 Å². The van der Waals surface area contributed by atoms with E-state index >= 15 is 0 Å². The summed E-state index contributed by atoms with van der Waals surface area (Å²) in [5.41, 5.74) is 1.51. The van der Waals surface area contributed by atoms with Crippen molar-refractivity contribution in [2.45, 2.75) is 12.8 Å². The Balaban J connectivity index is 1.89. The lowest BCUT2D eigenvalue weighted by atomic mass is 10.2. The van der Waals surface area contributed by atoms with E-state index in [9.17, 15) is 8.78 Å². The molecule has 0 aliphatic carbocycles. The van der Waals surface area contributed by atoms with Crippen molar-refractivity contribution in [1.82, 2.24) is 4.57 Å². The third-order valence-electron chi connectivity index (χ3n) is 3.63. The molecule has 0 amide bonds. The minimum Gasteiger partial charge on any atom is -0.490 e. The van der Waals surface area contributed by atoms with E-state index in [4.69, 9.17) is 4.74 Å². The smallest absolute Gasteiger partial charge is 0.167 e. The first-order valence-corrected chi connectivity index (χ1v) is 8.56. The number of aromatic nitrogens is 1. The minimum absolute atomic E-state index is 0.268. The normalized spacial score (nSPS) is 11.1. The first-order chi connectivity index (χ1) is 11.2. The highest BCUT2D eigenvalue weighted by atomic mass is 79.9. The number of ether oxygens (including phenoxy) is 1. The zero-order valence-electron chi connectivity index (χ0n) is 12.4. The first-order valence-electron chi connectivity index (χ1n) is 7.44. The van der Waals surface area contributed by atoms with Crippen molar-refractivity contribution in [2.24, 2.45) is 0 Å². The Morgan fingerprint density at radius 2 is 1.78 bits per heavy atom. The molecule has 23 heavy (non-hydrogen) atoms. The second-order valence-corrected chi connectivity index (χ2v) is 6.04. The monoisotopic (exact) mass is 379 g/mol. The van der Waals surface area contributed by atoms with Crippen LogP contribution in [0.25, 0.3) is 16.6 Å². The van der Waals surface area contributed by atoms with E-state index in [1.165, 1.54) is 18.2 Å². The Kier molecular flexibility index (Phi) is 4.96. The summed E-state index contributed by atoms with van der Waals surface area (Å²) in [7, 11) is 0. The van der Waals surface area contributed by atoms with Crippen LogP contribution in [0, 0.1) is 11.6 Å². The molecule has 0 unspecified atom stereocenters. The molecule has 0 atom stereocenters. The molecule has 0 saturated carbocycles. The van der Waals surface area contributed by atoms with Gasteiger partial charge in [-0.05, 0) is 49.2 Å². The molecule has 0 radical (unpaired) electrons. The largest absolute Gasteiger partial charge is 0.490 e. The molecule has 2 aromatic carbocycles. The maximum Gasteiger partial charge on any atom is 0.167 e. The number of hydrogen-bond acceptors (Lipinski definition) is 1. The molecule has 0 saturated heterocycles. The van der Waals surface area contributed by atoms with E-state index < -0.39 is 5.82 Å². The maximum absolute atomic E-state index is 14.3. The number of hydrogen-bond donors (Lipinski definition) is 0. The van der Waals surface area contributed by atoms with Crippen LogP contribution in [0.5, 0.6) is 5.75 Å². The number of nitrogens with zero attached hydrogens (tertiary/aromatic N) is 1. The fourth-order valence-electron chi connectivity index (χ4n) is 2.45. The van der Waals surface area contributed by atoms with E-state index in [1.54, 1.807) is 18.2 Å². The zero-order chi connectivity index (χ0) is 16.2. The average Bonchev–Trinajstić information content (AvgIpc) is 2.95. The Morgan fingerprint density at radius 1 is 1.00 bits per heavy atom. The number of unbranched alkanes of at least 4 members (excludes halogenated alkanes) is 1. The van der Waals surface area contributed by atoms with E-state index in [2.05, 4.69) is 15.9 Å². The van der Waals surface area contributed by atoms with Crippen LogP contribution in [0.15, 0.2) is 48.7 Å². The van der Waals surface area contributed by atoms with Gasteiger partial charge in [0.1, 0.15) is 5.82 Å². The molecule has 3 aromatic rings. The Labute approximate surface area is 141 Å². The molecular formula is C18H16BrF2NO. The molecule has 0 spiro atoms. The Hall–Kier alpha value is -1.88. The third kappa shape index (κ3) is 3.55. The van der Waals surface area contributed by atoms with E-state index in [-0.39, 0.29) is 11.6 Å². The highest BCUT2D eigenvalue weighted by Crippen LogP contribution is 2.28. The van der Waals surface area contributed by atoms with Crippen molar-refractivity contribution in [2.75, 3.05) is 11.9 Å². The lowest BCUT2D eigenvalue weighted by Gasteiger charge is -2.09. The van der Waals surface area contributed by atoms with E-state index in [0.717, 1.165) is 34.8 Å². The van der Waals surface area contributed by atoms with Crippen LogP contribution in [-0.2, 0) is 0 Å². The second kappa shape index (κ2) is 7.13. The molecule has 1 heterocycles. The van der Waals surface area contributed by atoms with Crippen LogP contribution in [0.3, 0.4) is 0 Å². The van der Waals surface area contributed by atoms with E-state index in [0.29, 0.717) is 6.61 Å². The zero-order valence-corrected chi connectivity index (χ0v) is 14.0. The molecule has 120 valence electrons. The van der Waals surface area contributed by atoms with Gasteiger partial charge >= 0.3 is 0 Å². The maximum atomic E-state index is 14.3. The van der Waals surface area contributed by atoms with E-state index in [1.807, 2.05) is 16.8 Å². The van der Waals surface area contributed by atoms with Crippen molar-refractivity contribution in [3.8, 4) is 11.4 Å². The summed E-state index contributed by atoms with van der Waals surface area (Å²) in [6.45, 7) is 0.493. The summed E-state index contributed by atoms with van der Waals surface area (Å²) >= 11 is 3.36. The highest BCUT2D eigenvalue weighted by Gasteiger charge is 2.10. The summed E-state index contributed by atoms with van der Waals surface area (Å²) in [6.07, 6.45) is 3.70. The van der Waals surface area contributed by atoms with Crippen molar-refractivity contribution in [3.05, 3.63) is 60.3 Å². The van der Waals surface area contributed by atoms with Crippen LogP contribution in [0.1, 0.15) is 12.8 Å². The van der Waals surface area contributed by atoms with Crippen LogP contribution in [0.2, 0.25) is 0 Å². The first kappa shape index (κ1) is 16.0. The summed E-state index contributed by atoms with van der Waals surface area (Å²) in [4.78, 5) is 0. The van der Waals surface area contributed by atoms with Gasteiger partial charge < -0.3 is 9.30 Å². The van der Waals surface area contributed by atoms with Gasteiger partial charge in [-0.15, -0.1) is 0 Å². The topological polar surface area (TPSA) is 14.2 Å². The SMILES string of the molecule is Fc1ccc(-n2ccc3cc(OCCCCBr)c(F)cc32)cc1. The van der Waals surface area contributed by atoms with Gasteiger partial charge in [-0.3, -0.25) is 0 Å². The summed E-state index contributed by atoms with van der Waals surface area (Å²) in [6, 6.07) is 11.2. The lowest BCUT2D eigenvalue weighted by Crippen LogP contribution is -2.00. The Bertz CT molecular complexity index is 799. The van der Waals surface area contributed by atoms with Gasteiger partial charge in [0.2, 0.25) is 0 Å². The van der Waals surface area contributed by atoms with Crippen LogP contribution in [0.4, 0.5) is 8.78 Å². The van der Waals surface area contributed by atoms with Gasteiger partial charge in [0.25, 0.3) is 0 Å². The van der Waals surface area contributed by atoms with Crippen LogP contribution >= 0.6 is 15.9 Å². The van der Waals surface area contributed by atoms with Gasteiger partial charge in [-0.1, -0.05) is 15.9 Å². The minimum atomic E-state index is -0.390. The quantitative estimate of drug-likeness (QED) is 0.409. The molecule has 0 N–H and O–H groups in total. The number of alkyl halides is 1. The molecule has 0 aliphatic rings. The van der Waals surface area contributed by atoms with Gasteiger partial charge in [0.05, 0.1) is 12.1 Å².